The third kappa shape index (κ3) is 3.06. The molecule has 5 heteroatoms. The van der Waals surface area contributed by atoms with Crippen molar-refractivity contribution in [2.45, 2.75) is 39.3 Å². The zero-order valence-electron chi connectivity index (χ0n) is 9.61. The number of hydrogen-bond donors (Lipinski definition) is 2. The van der Waals surface area contributed by atoms with Gasteiger partial charge in [0.1, 0.15) is 0 Å². The summed E-state index contributed by atoms with van der Waals surface area (Å²) in [6.45, 7) is 7.76. The Bertz CT molecular complexity index is 349. The minimum atomic E-state index is -0.511. The van der Waals surface area contributed by atoms with Crippen molar-refractivity contribution in [1.29, 1.82) is 0 Å². The van der Waals surface area contributed by atoms with Gasteiger partial charge in [0.05, 0.1) is 23.5 Å². The molecule has 1 aromatic rings. The highest BCUT2D eigenvalue weighted by Gasteiger charge is 2.15. The van der Waals surface area contributed by atoms with Gasteiger partial charge in [0.25, 0.3) is 0 Å². The maximum absolute atomic E-state index is 11.3. The van der Waals surface area contributed by atoms with Gasteiger partial charge in [-0.3, -0.25) is 9.48 Å². The molecule has 0 saturated carbocycles. The van der Waals surface area contributed by atoms with E-state index < -0.39 is 6.04 Å². The van der Waals surface area contributed by atoms with E-state index in [1.807, 2.05) is 20.8 Å². The molecule has 1 unspecified atom stereocenters. The molecular formula is C10H18N4O. The van der Waals surface area contributed by atoms with Gasteiger partial charge in [-0.05, 0) is 27.7 Å². The number of carbonyl (C=O) groups excluding carboxylic acids is 1. The van der Waals surface area contributed by atoms with Crippen molar-refractivity contribution in [3.8, 4) is 0 Å². The Morgan fingerprint density at radius 2 is 2.20 bits per heavy atom. The lowest BCUT2D eigenvalue weighted by Gasteiger charge is -2.18. The summed E-state index contributed by atoms with van der Waals surface area (Å²) in [5, 5.41) is 6.85. The summed E-state index contributed by atoms with van der Waals surface area (Å²) in [6, 6.07) is -0.511. The van der Waals surface area contributed by atoms with Crippen LogP contribution in [0.15, 0.2) is 12.4 Å². The molecule has 5 nitrogen and oxygen atoms in total. The molecule has 0 bridgehead atoms. The molecule has 0 aliphatic rings. The second kappa shape index (κ2) is 4.02. The van der Waals surface area contributed by atoms with Gasteiger partial charge in [-0.2, -0.15) is 5.10 Å². The van der Waals surface area contributed by atoms with Crippen LogP contribution in [0, 0.1) is 0 Å². The highest BCUT2D eigenvalue weighted by molar-refractivity contribution is 5.94. The van der Waals surface area contributed by atoms with E-state index in [9.17, 15) is 4.79 Å². The van der Waals surface area contributed by atoms with Crippen molar-refractivity contribution in [3.05, 3.63) is 12.4 Å². The lowest BCUT2D eigenvalue weighted by Crippen LogP contribution is -2.32. The van der Waals surface area contributed by atoms with Crippen molar-refractivity contribution in [2.24, 2.45) is 5.73 Å². The summed E-state index contributed by atoms with van der Waals surface area (Å²) in [5.74, 6) is -0.205. The number of nitrogens with one attached hydrogen (secondary N) is 1. The SMILES string of the molecule is CC(N)C(=O)Nc1cnn(C(C)(C)C)c1. The van der Waals surface area contributed by atoms with Gasteiger partial charge in [0.15, 0.2) is 0 Å². The standard InChI is InChI=1S/C10H18N4O/c1-7(11)9(15)13-8-5-12-14(6-8)10(2,3)4/h5-7H,11H2,1-4H3,(H,13,15). The molecule has 0 saturated heterocycles. The third-order valence-electron chi connectivity index (χ3n) is 1.95. The number of aromatic nitrogens is 2. The Hall–Kier alpha value is -1.36. The van der Waals surface area contributed by atoms with Crippen LogP contribution in [0.4, 0.5) is 5.69 Å². The van der Waals surface area contributed by atoms with Crippen LogP contribution in [0.3, 0.4) is 0 Å². The van der Waals surface area contributed by atoms with Crippen molar-refractivity contribution in [3.63, 3.8) is 0 Å². The van der Waals surface area contributed by atoms with Crippen LogP contribution in [0.1, 0.15) is 27.7 Å². The molecule has 1 atom stereocenters. The molecule has 0 aromatic carbocycles. The quantitative estimate of drug-likeness (QED) is 0.762. The average Bonchev–Trinajstić information content (AvgIpc) is 2.51. The Kier molecular flexibility index (Phi) is 3.14. The number of amides is 1. The molecule has 3 N–H and O–H groups in total. The zero-order valence-corrected chi connectivity index (χ0v) is 9.61. The Labute approximate surface area is 89.6 Å². The van der Waals surface area contributed by atoms with Crippen LogP contribution in [-0.2, 0) is 10.3 Å². The van der Waals surface area contributed by atoms with E-state index in [2.05, 4.69) is 10.4 Å². The van der Waals surface area contributed by atoms with Gasteiger partial charge < -0.3 is 11.1 Å². The van der Waals surface area contributed by atoms with E-state index in [4.69, 9.17) is 5.73 Å². The largest absolute Gasteiger partial charge is 0.322 e. The summed E-state index contributed by atoms with van der Waals surface area (Å²) in [5.41, 5.74) is 6.02. The first kappa shape index (κ1) is 11.7. The lowest BCUT2D eigenvalue weighted by molar-refractivity contribution is -0.117. The average molecular weight is 210 g/mol. The van der Waals surface area contributed by atoms with Gasteiger partial charge in [0, 0.05) is 6.20 Å². The van der Waals surface area contributed by atoms with Gasteiger partial charge in [-0.15, -0.1) is 0 Å². The third-order valence-corrected chi connectivity index (χ3v) is 1.95. The highest BCUT2D eigenvalue weighted by Crippen LogP contribution is 2.15. The molecule has 15 heavy (non-hydrogen) atoms. The molecule has 1 rings (SSSR count). The first-order valence-electron chi connectivity index (χ1n) is 4.92. The molecule has 0 spiro atoms. The molecule has 1 aromatic heterocycles. The minimum Gasteiger partial charge on any atom is -0.322 e. The second-order valence-electron chi connectivity index (χ2n) is 4.62. The van der Waals surface area contributed by atoms with Crippen LogP contribution >= 0.6 is 0 Å². The van der Waals surface area contributed by atoms with Crippen molar-refractivity contribution < 1.29 is 4.79 Å². The van der Waals surface area contributed by atoms with Crippen LogP contribution < -0.4 is 11.1 Å². The molecule has 84 valence electrons. The van der Waals surface area contributed by atoms with Crippen LogP contribution in [0.5, 0.6) is 0 Å². The molecule has 0 radical (unpaired) electrons. The number of anilines is 1. The first-order valence-corrected chi connectivity index (χ1v) is 4.92. The van der Waals surface area contributed by atoms with Gasteiger partial charge in [-0.1, -0.05) is 0 Å². The van der Waals surface area contributed by atoms with Crippen LogP contribution in [0.2, 0.25) is 0 Å². The maximum Gasteiger partial charge on any atom is 0.241 e. The van der Waals surface area contributed by atoms with Gasteiger partial charge in [-0.25, -0.2) is 0 Å². The lowest BCUT2D eigenvalue weighted by atomic mass is 10.1. The summed E-state index contributed by atoms with van der Waals surface area (Å²) in [6.07, 6.45) is 3.41. The smallest absolute Gasteiger partial charge is 0.241 e. The van der Waals surface area contributed by atoms with E-state index in [0.29, 0.717) is 5.69 Å². The monoisotopic (exact) mass is 210 g/mol. The maximum atomic E-state index is 11.3. The normalized spacial score (nSPS) is 13.7. The summed E-state index contributed by atoms with van der Waals surface area (Å²) in [7, 11) is 0. The Morgan fingerprint density at radius 3 is 2.60 bits per heavy atom. The number of nitrogens with zero attached hydrogens (tertiary/aromatic N) is 2. The number of nitrogens with two attached hydrogens (primary N) is 1. The number of carbonyl (C=O) groups is 1. The van der Waals surface area contributed by atoms with Crippen LogP contribution in [-0.4, -0.2) is 21.7 Å². The van der Waals surface area contributed by atoms with E-state index in [1.54, 1.807) is 24.0 Å². The summed E-state index contributed by atoms with van der Waals surface area (Å²) < 4.78 is 1.80. The van der Waals surface area contributed by atoms with Crippen LogP contribution in [0.25, 0.3) is 0 Å². The van der Waals surface area contributed by atoms with E-state index in [1.165, 1.54) is 0 Å². The van der Waals surface area contributed by atoms with E-state index in [-0.39, 0.29) is 11.4 Å². The highest BCUT2D eigenvalue weighted by atomic mass is 16.2. The molecule has 0 aliphatic heterocycles. The number of rotatable bonds is 2. The fraction of sp³-hybridized carbons (Fsp3) is 0.600. The number of hydrogen-bond acceptors (Lipinski definition) is 3. The zero-order chi connectivity index (χ0) is 11.6. The molecule has 1 amide bonds. The predicted octanol–water partition coefficient (Wildman–Crippen LogP) is 0.924. The van der Waals surface area contributed by atoms with E-state index in [0.717, 1.165) is 0 Å². The molecule has 0 fully saturated rings. The topological polar surface area (TPSA) is 72.9 Å². The minimum absolute atomic E-state index is 0.0860. The Balaban J connectivity index is 2.73. The van der Waals surface area contributed by atoms with Gasteiger partial charge in [0.2, 0.25) is 5.91 Å². The first-order chi connectivity index (χ1) is 6.80. The van der Waals surface area contributed by atoms with Crippen molar-refractivity contribution in [1.82, 2.24) is 9.78 Å². The fourth-order valence-corrected chi connectivity index (χ4v) is 1.01. The van der Waals surface area contributed by atoms with E-state index >= 15 is 0 Å². The predicted molar refractivity (Wildman–Crippen MR) is 59.5 cm³/mol. The second-order valence-corrected chi connectivity index (χ2v) is 4.62. The molecular weight excluding hydrogens is 192 g/mol. The summed E-state index contributed by atoms with van der Waals surface area (Å²) >= 11 is 0. The molecule has 1 heterocycles. The fourth-order valence-electron chi connectivity index (χ4n) is 1.01. The summed E-state index contributed by atoms with van der Waals surface area (Å²) in [4.78, 5) is 11.3. The van der Waals surface area contributed by atoms with Crippen molar-refractivity contribution in [2.75, 3.05) is 5.32 Å². The van der Waals surface area contributed by atoms with Crippen molar-refractivity contribution >= 4 is 11.6 Å². The Morgan fingerprint density at radius 1 is 1.60 bits per heavy atom. The molecule has 0 aliphatic carbocycles. The van der Waals surface area contributed by atoms with Gasteiger partial charge >= 0.3 is 0 Å².